The van der Waals surface area contributed by atoms with E-state index in [1.807, 2.05) is 30.3 Å². The van der Waals surface area contributed by atoms with Crippen LogP contribution in [0.25, 0.3) is 5.57 Å². The SMILES string of the molecule is CC(N)C(=O)NC(C)C(=O)NCC1=CC(c2ccccc2)Cc2c1ccc(OC(=O)c1ccccc1)c2OC(=O)c1ccccc1. The molecular formula is C37H35N3O6. The first-order chi connectivity index (χ1) is 22.2. The second kappa shape index (κ2) is 14.5. The van der Waals surface area contributed by atoms with Gasteiger partial charge in [-0.2, -0.15) is 0 Å². The van der Waals surface area contributed by atoms with Crippen LogP contribution in [-0.2, 0) is 16.0 Å². The predicted molar refractivity (Wildman–Crippen MR) is 174 cm³/mol. The third-order valence-electron chi connectivity index (χ3n) is 7.66. The van der Waals surface area contributed by atoms with E-state index in [2.05, 4.69) is 16.7 Å². The van der Waals surface area contributed by atoms with Gasteiger partial charge >= 0.3 is 11.9 Å². The maximum absolute atomic E-state index is 13.4. The van der Waals surface area contributed by atoms with Gasteiger partial charge in [0.05, 0.1) is 17.2 Å². The van der Waals surface area contributed by atoms with Crippen molar-refractivity contribution < 1.29 is 28.7 Å². The number of nitrogens with two attached hydrogens (primary N) is 1. The van der Waals surface area contributed by atoms with E-state index in [0.717, 1.165) is 16.7 Å². The summed E-state index contributed by atoms with van der Waals surface area (Å²) in [6.07, 6.45) is 2.51. The molecule has 0 saturated carbocycles. The van der Waals surface area contributed by atoms with Gasteiger partial charge in [-0.05, 0) is 67.3 Å². The van der Waals surface area contributed by atoms with E-state index in [1.54, 1.807) is 86.6 Å². The highest BCUT2D eigenvalue weighted by Crippen LogP contribution is 2.44. The summed E-state index contributed by atoms with van der Waals surface area (Å²) in [4.78, 5) is 51.5. The Hall–Kier alpha value is -5.54. The van der Waals surface area contributed by atoms with Crippen molar-refractivity contribution in [1.29, 1.82) is 0 Å². The van der Waals surface area contributed by atoms with Crippen LogP contribution in [0.1, 0.15) is 57.2 Å². The molecule has 0 aromatic heterocycles. The largest absolute Gasteiger partial charge is 0.419 e. The molecule has 5 rings (SSSR count). The van der Waals surface area contributed by atoms with E-state index in [0.29, 0.717) is 23.1 Å². The number of carbonyl (C=O) groups is 4. The van der Waals surface area contributed by atoms with Gasteiger partial charge in [-0.15, -0.1) is 0 Å². The van der Waals surface area contributed by atoms with Gasteiger partial charge in [0, 0.05) is 18.0 Å². The van der Waals surface area contributed by atoms with Crippen molar-refractivity contribution >= 4 is 29.3 Å². The van der Waals surface area contributed by atoms with Crippen molar-refractivity contribution in [2.75, 3.05) is 6.54 Å². The first-order valence-corrected chi connectivity index (χ1v) is 15.0. The Morgan fingerprint density at radius 2 is 1.33 bits per heavy atom. The van der Waals surface area contributed by atoms with Gasteiger partial charge in [0.25, 0.3) is 0 Å². The molecule has 2 amide bonds. The minimum Gasteiger partial charge on any atom is -0.419 e. The Labute approximate surface area is 267 Å². The first-order valence-electron chi connectivity index (χ1n) is 15.0. The number of allylic oxidation sites excluding steroid dienone is 1. The summed E-state index contributed by atoms with van der Waals surface area (Å²) >= 11 is 0. The molecule has 9 heteroatoms. The third kappa shape index (κ3) is 7.57. The fourth-order valence-corrected chi connectivity index (χ4v) is 5.19. The first kappa shape index (κ1) is 31.9. The van der Waals surface area contributed by atoms with E-state index >= 15 is 0 Å². The minimum absolute atomic E-state index is 0.0984. The summed E-state index contributed by atoms with van der Waals surface area (Å²) < 4.78 is 11.9. The number of benzene rings is 4. The highest BCUT2D eigenvalue weighted by Gasteiger charge is 2.29. The van der Waals surface area contributed by atoms with Gasteiger partial charge in [0.2, 0.25) is 11.8 Å². The molecule has 1 aliphatic rings. The Bertz CT molecular complexity index is 1750. The molecule has 0 spiro atoms. The second-order valence-corrected chi connectivity index (χ2v) is 11.1. The fourth-order valence-electron chi connectivity index (χ4n) is 5.19. The normalized spacial score (nSPS) is 14.9. The number of hydrogen-bond donors (Lipinski definition) is 3. The number of amides is 2. The molecule has 4 aromatic carbocycles. The van der Waals surface area contributed by atoms with Crippen LogP contribution < -0.4 is 25.8 Å². The lowest BCUT2D eigenvalue weighted by molar-refractivity contribution is -0.128. The Balaban J connectivity index is 1.53. The lowest BCUT2D eigenvalue weighted by Crippen LogP contribution is -2.49. The van der Waals surface area contributed by atoms with E-state index in [-0.39, 0.29) is 29.9 Å². The van der Waals surface area contributed by atoms with Crippen LogP contribution in [0.5, 0.6) is 11.5 Å². The zero-order valence-electron chi connectivity index (χ0n) is 25.6. The quantitative estimate of drug-likeness (QED) is 0.172. The topological polar surface area (TPSA) is 137 Å². The van der Waals surface area contributed by atoms with Crippen LogP contribution in [-0.4, -0.2) is 42.4 Å². The van der Waals surface area contributed by atoms with Crippen molar-refractivity contribution in [3.8, 4) is 11.5 Å². The summed E-state index contributed by atoms with van der Waals surface area (Å²) in [7, 11) is 0. The number of hydrogen-bond acceptors (Lipinski definition) is 7. The number of esters is 2. The zero-order valence-corrected chi connectivity index (χ0v) is 25.6. The summed E-state index contributed by atoms with van der Waals surface area (Å²) in [6.45, 7) is 3.25. The summed E-state index contributed by atoms with van der Waals surface area (Å²) in [6, 6.07) is 28.8. The van der Waals surface area contributed by atoms with Crippen LogP contribution in [0.3, 0.4) is 0 Å². The Kier molecular flexibility index (Phi) is 10.0. The van der Waals surface area contributed by atoms with E-state index < -0.39 is 29.9 Å². The molecule has 1 aliphatic carbocycles. The molecule has 0 heterocycles. The van der Waals surface area contributed by atoms with E-state index in [4.69, 9.17) is 15.2 Å². The van der Waals surface area contributed by atoms with E-state index in [1.165, 1.54) is 0 Å². The zero-order chi connectivity index (χ0) is 32.6. The number of carbonyl (C=O) groups excluding carboxylic acids is 4. The molecule has 3 unspecified atom stereocenters. The average Bonchev–Trinajstić information content (AvgIpc) is 3.08. The maximum Gasteiger partial charge on any atom is 0.343 e. The number of fused-ring (bicyclic) bond motifs is 1. The Morgan fingerprint density at radius 3 is 1.91 bits per heavy atom. The highest BCUT2D eigenvalue weighted by molar-refractivity contribution is 5.94. The van der Waals surface area contributed by atoms with Gasteiger partial charge in [0.15, 0.2) is 11.5 Å². The number of ether oxygens (including phenoxy) is 2. The van der Waals surface area contributed by atoms with Crippen molar-refractivity contribution in [1.82, 2.24) is 10.6 Å². The maximum atomic E-state index is 13.4. The predicted octanol–water partition coefficient (Wildman–Crippen LogP) is 4.82. The highest BCUT2D eigenvalue weighted by atomic mass is 16.6. The Morgan fingerprint density at radius 1 is 0.761 bits per heavy atom. The van der Waals surface area contributed by atoms with Crippen LogP contribution in [0.15, 0.2) is 109 Å². The van der Waals surface area contributed by atoms with Crippen molar-refractivity contribution in [3.63, 3.8) is 0 Å². The molecule has 0 aliphatic heterocycles. The van der Waals surface area contributed by atoms with Crippen LogP contribution >= 0.6 is 0 Å². The molecule has 3 atom stereocenters. The third-order valence-corrected chi connectivity index (χ3v) is 7.66. The summed E-state index contributed by atoms with van der Waals surface area (Å²) in [5.41, 5.74) is 9.49. The van der Waals surface area contributed by atoms with E-state index in [9.17, 15) is 19.2 Å². The van der Waals surface area contributed by atoms with Gasteiger partial charge < -0.3 is 25.8 Å². The summed E-state index contributed by atoms with van der Waals surface area (Å²) in [5, 5.41) is 5.51. The monoisotopic (exact) mass is 617 g/mol. The molecule has 234 valence electrons. The second-order valence-electron chi connectivity index (χ2n) is 11.1. The lowest BCUT2D eigenvalue weighted by Gasteiger charge is -2.28. The van der Waals surface area contributed by atoms with Crippen molar-refractivity contribution in [3.05, 3.63) is 137 Å². The van der Waals surface area contributed by atoms with Gasteiger partial charge in [0.1, 0.15) is 6.04 Å². The molecule has 0 saturated heterocycles. The summed E-state index contributed by atoms with van der Waals surface area (Å²) in [5.74, 6) is -1.94. The standard InChI is InChI=1S/C37H35N3O6/c1-23(38)34(41)40-24(2)35(42)39-22-29-20-28(25-12-6-3-7-13-25)21-31-30(29)18-19-32(45-36(43)26-14-8-4-9-15-26)33(31)46-37(44)27-16-10-5-11-17-27/h3-20,23-24,28H,21-22,38H2,1-2H3,(H,39,42)(H,40,41). The number of rotatable bonds is 10. The minimum atomic E-state index is -0.811. The molecule has 0 bridgehead atoms. The van der Waals surface area contributed by atoms with Gasteiger partial charge in [-0.25, -0.2) is 9.59 Å². The average molecular weight is 618 g/mol. The molecule has 0 fully saturated rings. The van der Waals surface area contributed by atoms with Crippen molar-refractivity contribution in [2.24, 2.45) is 5.73 Å². The van der Waals surface area contributed by atoms with Crippen LogP contribution in [0.2, 0.25) is 0 Å². The number of nitrogens with one attached hydrogen (secondary N) is 2. The molecule has 0 radical (unpaired) electrons. The van der Waals surface area contributed by atoms with Gasteiger partial charge in [-0.3, -0.25) is 9.59 Å². The smallest absolute Gasteiger partial charge is 0.343 e. The fraction of sp³-hybridized carbons (Fsp3) is 0.189. The van der Waals surface area contributed by atoms with Crippen molar-refractivity contribution in [2.45, 2.75) is 38.3 Å². The van der Waals surface area contributed by atoms with Crippen LogP contribution in [0, 0.1) is 0 Å². The molecular weight excluding hydrogens is 582 g/mol. The van der Waals surface area contributed by atoms with Crippen LogP contribution in [0.4, 0.5) is 0 Å². The molecule has 46 heavy (non-hydrogen) atoms. The lowest BCUT2D eigenvalue weighted by atomic mass is 9.80. The van der Waals surface area contributed by atoms with Gasteiger partial charge in [-0.1, -0.05) is 78.9 Å². The molecule has 4 aromatic rings. The molecule has 9 nitrogen and oxygen atoms in total. The molecule has 4 N–H and O–H groups in total.